The van der Waals surface area contributed by atoms with Crippen LogP contribution in [0.3, 0.4) is 0 Å². The quantitative estimate of drug-likeness (QED) is 0.618. The Morgan fingerprint density at radius 1 is 1.09 bits per heavy atom. The lowest BCUT2D eigenvalue weighted by atomic mass is 10.00. The minimum atomic E-state index is -4.43. The topological polar surface area (TPSA) is 35.0 Å². The van der Waals surface area contributed by atoms with Gasteiger partial charge < -0.3 is 4.74 Å². The molecule has 0 N–H and O–H groups in total. The summed E-state index contributed by atoms with van der Waals surface area (Å²) in [5, 5.41) is 0.796. The highest BCUT2D eigenvalue weighted by Gasteiger charge is 2.31. The molecule has 3 nitrogen and oxygen atoms in total. The monoisotopic (exact) mass is 338 g/mol. The number of aromatic nitrogens is 2. The van der Waals surface area contributed by atoms with Crippen molar-refractivity contribution in [3.8, 4) is 16.9 Å². The molecule has 23 heavy (non-hydrogen) atoms. The summed E-state index contributed by atoms with van der Waals surface area (Å²) in [5.74, 6) is 0.113. The molecular weight excluding hydrogens is 329 g/mol. The van der Waals surface area contributed by atoms with Gasteiger partial charge in [0.05, 0.1) is 18.2 Å². The first-order chi connectivity index (χ1) is 10.9. The Balaban J connectivity index is 2.25. The number of nitrogens with zero attached hydrogens (tertiary/aromatic N) is 2. The predicted octanol–water partition coefficient (Wildman–Crippen LogP) is 4.98. The maximum absolute atomic E-state index is 12.9. The van der Waals surface area contributed by atoms with E-state index in [0.29, 0.717) is 16.6 Å². The van der Waals surface area contributed by atoms with Gasteiger partial charge in [0.15, 0.2) is 0 Å². The summed E-state index contributed by atoms with van der Waals surface area (Å²) in [6, 6.07) is 8.66. The van der Waals surface area contributed by atoms with Gasteiger partial charge in [0.2, 0.25) is 5.28 Å². The van der Waals surface area contributed by atoms with Crippen LogP contribution in [-0.2, 0) is 6.18 Å². The third-order valence-corrected chi connectivity index (χ3v) is 3.58. The molecule has 0 radical (unpaired) electrons. The average molecular weight is 339 g/mol. The van der Waals surface area contributed by atoms with Gasteiger partial charge in [0.1, 0.15) is 5.75 Å². The predicted molar refractivity (Wildman–Crippen MR) is 81.5 cm³/mol. The Hall–Kier alpha value is -2.34. The zero-order chi connectivity index (χ0) is 16.6. The Morgan fingerprint density at radius 2 is 1.87 bits per heavy atom. The van der Waals surface area contributed by atoms with Gasteiger partial charge in [-0.2, -0.15) is 13.2 Å². The Kier molecular flexibility index (Phi) is 3.85. The van der Waals surface area contributed by atoms with E-state index in [1.54, 1.807) is 24.4 Å². The summed E-state index contributed by atoms with van der Waals surface area (Å²) in [7, 11) is 1.33. The molecular formula is C16H10ClF3N2O. The van der Waals surface area contributed by atoms with E-state index in [1.807, 2.05) is 0 Å². The van der Waals surface area contributed by atoms with Gasteiger partial charge in [-0.1, -0.05) is 18.2 Å². The molecule has 1 heterocycles. The molecule has 0 unspecified atom stereocenters. The van der Waals surface area contributed by atoms with E-state index in [9.17, 15) is 13.2 Å². The fourth-order valence-corrected chi connectivity index (χ4v) is 2.47. The number of benzene rings is 2. The van der Waals surface area contributed by atoms with Crippen molar-refractivity contribution in [2.75, 3.05) is 7.11 Å². The maximum atomic E-state index is 12.9. The van der Waals surface area contributed by atoms with Gasteiger partial charge in [-0.25, -0.2) is 9.97 Å². The second-order valence-corrected chi connectivity index (χ2v) is 5.13. The minimum Gasteiger partial charge on any atom is -0.496 e. The van der Waals surface area contributed by atoms with Crippen molar-refractivity contribution in [2.45, 2.75) is 6.18 Å². The lowest BCUT2D eigenvalue weighted by Crippen LogP contribution is -2.05. The van der Waals surface area contributed by atoms with Crippen molar-refractivity contribution in [3.63, 3.8) is 0 Å². The zero-order valence-corrected chi connectivity index (χ0v) is 12.6. The number of hydrogen-bond acceptors (Lipinski definition) is 3. The first-order valence-electron chi connectivity index (χ1n) is 6.57. The second kappa shape index (κ2) is 5.70. The number of fused-ring (bicyclic) bond motifs is 1. The lowest BCUT2D eigenvalue weighted by Gasteiger charge is -2.14. The summed E-state index contributed by atoms with van der Waals surface area (Å²) in [6.45, 7) is 0. The van der Waals surface area contributed by atoms with Crippen LogP contribution >= 0.6 is 11.6 Å². The zero-order valence-electron chi connectivity index (χ0n) is 11.9. The molecule has 0 aliphatic heterocycles. The summed E-state index contributed by atoms with van der Waals surface area (Å²) < 4.78 is 43.7. The summed E-state index contributed by atoms with van der Waals surface area (Å²) in [4.78, 5) is 8.08. The molecule has 0 aliphatic carbocycles. The molecule has 3 aromatic rings. The van der Waals surface area contributed by atoms with E-state index < -0.39 is 11.7 Å². The number of para-hydroxylation sites is 1. The summed E-state index contributed by atoms with van der Waals surface area (Å²) in [6.07, 6.45) is -2.87. The molecule has 0 aliphatic rings. The van der Waals surface area contributed by atoms with Gasteiger partial charge in [-0.05, 0) is 29.8 Å². The number of methoxy groups -OCH3 is 1. The second-order valence-electron chi connectivity index (χ2n) is 4.80. The standard InChI is InChI=1S/C16H10ClF3N2O/c1-23-13-7-10(16(18,19)20)5-6-11(13)12-4-2-3-9-8-21-15(17)22-14(9)12/h2-8H,1H3. The Morgan fingerprint density at radius 3 is 2.57 bits per heavy atom. The lowest BCUT2D eigenvalue weighted by molar-refractivity contribution is -0.137. The molecule has 0 bridgehead atoms. The molecule has 0 atom stereocenters. The third kappa shape index (κ3) is 2.94. The highest BCUT2D eigenvalue weighted by Crippen LogP contribution is 2.38. The van der Waals surface area contributed by atoms with Crippen LogP contribution in [0.5, 0.6) is 5.75 Å². The Labute approximate surface area is 134 Å². The summed E-state index contributed by atoms with van der Waals surface area (Å²) in [5.41, 5.74) is 0.898. The SMILES string of the molecule is COc1cc(C(F)(F)F)ccc1-c1cccc2cnc(Cl)nc12. The minimum absolute atomic E-state index is 0.0656. The van der Waals surface area contributed by atoms with E-state index in [-0.39, 0.29) is 11.0 Å². The van der Waals surface area contributed by atoms with Gasteiger partial charge in [-0.15, -0.1) is 0 Å². The first-order valence-corrected chi connectivity index (χ1v) is 6.95. The number of ether oxygens (including phenoxy) is 1. The molecule has 0 saturated carbocycles. The van der Waals surface area contributed by atoms with Crippen molar-refractivity contribution in [1.29, 1.82) is 0 Å². The van der Waals surface area contributed by atoms with Crippen LogP contribution in [-0.4, -0.2) is 17.1 Å². The van der Waals surface area contributed by atoms with Crippen LogP contribution in [0.1, 0.15) is 5.56 Å². The molecule has 0 saturated heterocycles. The van der Waals surface area contributed by atoms with Crippen LogP contribution in [0.15, 0.2) is 42.6 Å². The van der Waals surface area contributed by atoms with Crippen LogP contribution in [0.25, 0.3) is 22.0 Å². The van der Waals surface area contributed by atoms with Crippen LogP contribution in [0.4, 0.5) is 13.2 Å². The highest BCUT2D eigenvalue weighted by atomic mass is 35.5. The van der Waals surface area contributed by atoms with Gasteiger partial charge in [0.25, 0.3) is 0 Å². The van der Waals surface area contributed by atoms with Crippen LogP contribution < -0.4 is 4.74 Å². The number of rotatable bonds is 2. The molecule has 2 aromatic carbocycles. The molecule has 118 valence electrons. The van der Waals surface area contributed by atoms with Crippen molar-refractivity contribution < 1.29 is 17.9 Å². The Bertz CT molecular complexity index is 881. The van der Waals surface area contributed by atoms with Crippen LogP contribution in [0.2, 0.25) is 5.28 Å². The smallest absolute Gasteiger partial charge is 0.416 e. The number of alkyl halides is 3. The maximum Gasteiger partial charge on any atom is 0.416 e. The number of halogens is 4. The molecule has 0 fully saturated rings. The van der Waals surface area contributed by atoms with Gasteiger partial charge in [0, 0.05) is 22.7 Å². The third-order valence-electron chi connectivity index (χ3n) is 3.40. The van der Waals surface area contributed by atoms with E-state index >= 15 is 0 Å². The molecule has 3 rings (SSSR count). The van der Waals surface area contributed by atoms with E-state index in [2.05, 4.69) is 9.97 Å². The average Bonchev–Trinajstić information content (AvgIpc) is 2.52. The molecule has 0 amide bonds. The largest absolute Gasteiger partial charge is 0.496 e. The fourth-order valence-electron chi connectivity index (χ4n) is 2.34. The van der Waals surface area contributed by atoms with Gasteiger partial charge in [-0.3, -0.25) is 0 Å². The van der Waals surface area contributed by atoms with Crippen molar-refractivity contribution in [3.05, 3.63) is 53.4 Å². The van der Waals surface area contributed by atoms with E-state index in [4.69, 9.17) is 16.3 Å². The van der Waals surface area contributed by atoms with Gasteiger partial charge >= 0.3 is 6.18 Å². The van der Waals surface area contributed by atoms with Crippen molar-refractivity contribution >= 4 is 22.5 Å². The normalized spacial score (nSPS) is 11.7. The molecule has 7 heteroatoms. The molecule has 1 aromatic heterocycles. The first kappa shape index (κ1) is 15.6. The van der Waals surface area contributed by atoms with E-state index in [0.717, 1.165) is 17.5 Å². The summed E-state index contributed by atoms with van der Waals surface area (Å²) >= 11 is 5.83. The van der Waals surface area contributed by atoms with Crippen LogP contribution in [0, 0.1) is 0 Å². The highest BCUT2D eigenvalue weighted by molar-refractivity contribution is 6.28. The van der Waals surface area contributed by atoms with Crippen molar-refractivity contribution in [1.82, 2.24) is 9.97 Å². The molecule has 0 spiro atoms. The van der Waals surface area contributed by atoms with E-state index in [1.165, 1.54) is 13.2 Å². The van der Waals surface area contributed by atoms with Crippen molar-refractivity contribution in [2.24, 2.45) is 0 Å². The fraction of sp³-hybridized carbons (Fsp3) is 0.125. The number of hydrogen-bond donors (Lipinski definition) is 0.